The summed E-state index contributed by atoms with van der Waals surface area (Å²) in [7, 11) is 0. The van der Waals surface area contributed by atoms with Gasteiger partial charge in [-0.15, -0.1) is 11.6 Å². The number of rotatable bonds is 6. The molecule has 0 aromatic rings. The first kappa shape index (κ1) is 15.6. The van der Waals surface area contributed by atoms with E-state index < -0.39 is 0 Å². The van der Waals surface area contributed by atoms with E-state index in [-0.39, 0.29) is 5.60 Å². The van der Waals surface area contributed by atoms with Crippen LogP contribution in [0, 0.1) is 5.92 Å². The SMILES string of the molecule is CC(C)C(CCCl)NCC1CCC2(CCCCC2)O1. The van der Waals surface area contributed by atoms with Gasteiger partial charge in [0.1, 0.15) is 0 Å². The van der Waals surface area contributed by atoms with Crippen molar-refractivity contribution in [2.45, 2.75) is 83.0 Å². The number of alkyl halides is 1. The molecule has 1 saturated heterocycles. The van der Waals surface area contributed by atoms with Gasteiger partial charge in [0.2, 0.25) is 0 Å². The zero-order valence-corrected chi connectivity index (χ0v) is 13.3. The minimum atomic E-state index is 0.254. The largest absolute Gasteiger partial charge is 0.370 e. The molecule has 2 aliphatic rings. The molecule has 1 aliphatic carbocycles. The smallest absolute Gasteiger partial charge is 0.0708 e. The Morgan fingerprint density at radius 3 is 2.58 bits per heavy atom. The molecule has 2 rings (SSSR count). The summed E-state index contributed by atoms with van der Waals surface area (Å²) in [5.41, 5.74) is 0.254. The lowest BCUT2D eigenvalue weighted by atomic mass is 9.83. The van der Waals surface area contributed by atoms with E-state index in [1.807, 2.05) is 0 Å². The molecule has 0 bridgehead atoms. The summed E-state index contributed by atoms with van der Waals surface area (Å²) in [4.78, 5) is 0. The van der Waals surface area contributed by atoms with Crippen molar-refractivity contribution in [2.24, 2.45) is 5.92 Å². The maximum Gasteiger partial charge on any atom is 0.0708 e. The third-order valence-electron chi connectivity index (χ3n) is 4.94. The van der Waals surface area contributed by atoms with Crippen LogP contribution in [0.25, 0.3) is 0 Å². The van der Waals surface area contributed by atoms with Crippen molar-refractivity contribution in [2.75, 3.05) is 12.4 Å². The van der Waals surface area contributed by atoms with Gasteiger partial charge in [0.05, 0.1) is 11.7 Å². The minimum Gasteiger partial charge on any atom is -0.370 e. The van der Waals surface area contributed by atoms with Gasteiger partial charge in [-0.1, -0.05) is 33.1 Å². The second-order valence-electron chi connectivity index (χ2n) is 6.76. The molecular formula is C16H30ClNO. The molecule has 1 aliphatic heterocycles. The monoisotopic (exact) mass is 287 g/mol. The number of hydrogen-bond donors (Lipinski definition) is 1. The fourth-order valence-corrected chi connectivity index (χ4v) is 3.91. The van der Waals surface area contributed by atoms with E-state index >= 15 is 0 Å². The molecule has 0 aromatic heterocycles. The quantitative estimate of drug-likeness (QED) is 0.742. The Morgan fingerprint density at radius 1 is 1.21 bits per heavy atom. The molecule has 0 amide bonds. The van der Waals surface area contributed by atoms with Gasteiger partial charge in [0.15, 0.2) is 0 Å². The van der Waals surface area contributed by atoms with E-state index in [4.69, 9.17) is 16.3 Å². The lowest BCUT2D eigenvalue weighted by molar-refractivity contribution is -0.0632. The van der Waals surface area contributed by atoms with Crippen molar-refractivity contribution >= 4 is 11.6 Å². The number of halogens is 1. The van der Waals surface area contributed by atoms with Gasteiger partial charge in [0, 0.05) is 18.5 Å². The molecule has 1 spiro atoms. The first-order valence-corrected chi connectivity index (χ1v) is 8.66. The first-order valence-electron chi connectivity index (χ1n) is 8.12. The van der Waals surface area contributed by atoms with Crippen LogP contribution in [0.4, 0.5) is 0 Å². The third-order valence-corrected chi connectivity index (χ3v) is 5.15. The Labute approximate surface area is 123 Å². The number of hydrogen-bond acceptors (Lipinski definition) is 2. The highest BCUT2D eigenvalue weighted by molar-refractivity contribution is 6.17. The minimum absolute atomic E-state index is 0.254. The van der Waals surface area contributed by atoms with Crippen molar-refractivity contribution in [3.63, 3.8) is 0 Å². The summed E-state index contributed by atoms with van der Waals surface area (Å²) >= 11 is 5.88. The molecule has 19 heavy (non-hydrogen) atoms. The van der Waals surface area contributed by atoms with Crippen LogP contribution in [0.15, 0.2) is 0 Å². The molecule has 1 N–H and O–H groups in total. The highest BCUT2D eigenvalue weighted by Crippen LogP contribution is 2.41. The van der Waals surface area contributed by atoms with Crippen LogP contribution in [0.2, 0.25) is 0 Å². The molecule has 2 nitrogen and oxygen atoms in total. The Balaban J connectivity index is 1.75. The molecular weight excluding hydrogens is 258 g/mol. The van der Waals surface area contributed by atoms with Gasteiger partial charge in [0.25, 0.3) is 0 Å². The number of ether oxygens (including phenoxy) is 1. The van der Waals surface area contributed by atoms with Crippen LogP contribution in [-0.2, 0) is 4.74 Å². The maximum absolute atomic E-state index is 6.40. The predicted molar refractivity (Wildman–Crippen MR) is 81.9 cm³/mol. The Kier molecular flexibility index (Phi) is 5.98. The van der Waals surface area contributed by atoms with Crippen molar-refractivity contribution in [1.82, 2.24) is 5.32 Å². The third kappa shape index (κ3) is 4.34. The average Bonchev–Trinajstić information content (AvgIpc) is 2.78. The van der Waals surface area contributed by atoms with Gasteiger partial charge < -0.3 is 10.1 Å². The van der Waals surface area contributed by atoms with Gasteiger partial charge in [-0.25, -0.2) is 0 Å². The molecule has 3 heteroatoms. The van der Waals surface area contributed by atoms with Gasteiger partial charge in [-0.2, -0.15) is 0 Å². The summed E-state index contributed by atoms with van der Waals surface area (Å²) in [6, 6.07) is 0.531. The summed E-state index contributed by atoms with van der Waals surface area (Å²) in [5.74, 6) is 1.38. The first-order chi connectivity index (χ1) is 9.15. The zero-order chi connectivity index (χ0) is 13.7. The molecule has 2 unspecified atom stereocenters. The van der Waals surface area contributed by atoms with E-state index in [0.29, 0.717) is 18.1 Å². The lowest BCUT2D eigenvalue weighted by Crippen LogP contribution is -2.40. The van der Waals surface area contributed by atoms with Gasteiger partial charge in [-0.05, 0) is 38.0 Å². The van der Waals surface area contributed by atoms with Crippen molar-refractivity contribution in [1.29, 1.82) is 0 Å². The molecule has 0 radical (unpaired) electrons. The fraction of sp³-hybridized carbons (Fsp3) is 1.00. The normalized spacial score (nSPS) is 28.1. The Bertz CT molecular complexity index is 263. The van der Waals surface area contributed by atoms with Gasteiger partial charge in [-0.3, -0.25) is 0 Å². The predicted octanol–water partition coefficient (Wildman–Crippen LogP) is 4.11. The summed E-state index contributed by atoms with van der Waals surface area (Å²) < 4.78 is 6.40. The van der Waals surface area contributed by atoms with Crippen LogP contribution < -0.4 is 5.32 Å². The Hall–Kier alpha value is 0.210. The van der Waals surface area contributed by atoms with Crippen LogP contribution in [0.5, 0.6) is 0 Å². The fourth-order valence-electron chi connectivity index (χ4n) is 3.67. The summed E-state index contributed by atoms with van der Waals surface area (Å²) in [5, 5.41) is 3.67. The van der Waals surface area contributed by atoms with Crippen LogP contribution in [0.3, 0.4) is 0 Å². The molecule has 112 valence electrons. The maximum atomic E-state index is 6.40. The lowest BCUT2D eigenvalue weighted by Gasteiger charge is -2.33. The highest BCUT2D eigenvalue weighted by Gasteiger charge is 2.40. The van der Waals surface area contributed by atoms with Crippen LogP contribution in [0.1, 0.15) is 65.2 Å². The van der Waals surface area contributed by atoms with E-state index in [2.05, 4.69) is 19.2 Å². The molecule has 2 fully saturated rings. The van der Waals surface area contributed by atoms with Crippen molar-refractivity contribution in [3.8, 4) is 0 Å². The number of nitrogens with one attached hydrogen (secondary N) is 1. The second-order valence-corrected chi connectivity index (χ2v) is 7.14. The van der Waals surface area contributed by atoms with Crippen LogP contribution in [-0.4, -0.2) is 30.2 Å². The molecule has 2 atom stereocenters. The summed E-state index contributed by atoms with van der Waals surface area (Å²) in [6.45, 7) is 5.53. The second kappa shape index (κ2) is 7.28. The standard InChI is InChI=1S/C16H30ClNO/c1-13(2)15(7-11-17)18-12-14-6-10-16(19-14)8-4-3-5-9-16/h13-15,18H,3-12H2,1-2H3. The van der Waals surface area contributed by atoms with Crippen LogP contribution >= 0.6 is 11.6 Å². The van der Waals surface area contributed by atoms with Crippen molar-refractivity contribution < 1.29 is 4.74 Å². The van der Waals surface area contributed by atoms with E-state index in [0.717, 1.165) is 18.8 Å². The Morgan fingerprint density at radius 2 is 1.95 bits per heavy atom. The van der Waals surface area contributed by atoms with E-state index in [1.165, 1.54) is 44.9 Å². The average molecular weight is 288 g/mol. The summed E-state index contributed by atoms with van der Waals surface area (Å²) in [6.07, 6.45) is 10.7. The topological polar surface area (TPSA) is 21.3 Å². The van der Waals surface area contributed by atoms with E-state index in [9.17, 15) is 0 Å². The molecule has 1 heterocycles. The van der Waals surface area contributed by atoms with Crippen molar-refractivity contribution in [3.05, 3.63) is 0 Å². The zero-order valence-electron chi connectivity index (χ0n) is 12.6. The molecule has 0 aromatic carbocycles. The highest BCUT2D eigenvalue weighted by atomic mass is 35.5. The van der Waals surface area contributed by atoms with E-state index in [1.54, 1.807) is 0 Å². The molecule has 1 saturated carbocycles. The van der Waals surface area contributed by atoms with Gasteiger partial charge >= 0.3 is 0 Å².